The normalized spacial score (nSPS) is 10.4. The van der Waals surface area contributed by atoms with Crippen molar-refractivity contribution in [3.8, 4) is 0 Å². The minimum Gasteiger partial charge on any atom is -0.378 e. The highest BCUT2D eigenvalue weighted by atomic mass is 32.2. The van der Waals surface area contributed by atoms with Crippen LogP contribution in [0.3, 0.4) is 0 Å². The number of hydrogen-bond acceptors (Lipinski definition) is 3. The molecule has 0 saturated heterocycles. The Balaban J connectivity index is 1.94. The number of rotatable bonds is 4. The fraction of sp³-hybridized carbons (Fsp3) is 0.250. The van der Waals surface area contributed by atoms with Crippen molar-refractivity contribution in [2.75, 3.05) is 11.6 Å². The number of nitrogens with one attached hydrogen (secondary N) is 1. The first-order valence-electron chi connectivity index (χ1n) is 5.13. The van der Waals surface area contributed by atoms with E-state index in [-0.39, 0.29) is 0 Å². The van der Waals surface area contributed by atoms with Crippen LogP contribution in [0.4, 0.5) is 5.69 Å². The lowest BCUT2D eigenvalue weighted by Gasteiger charge is -2.04. The number of benzene rings is 1. The van der Waals surface area contributed by atoms with Gasteiger partial charge in [-0.2, -0.15) is 5.10 Å². The fourth-order valence-corrected chi connectivity index (χ4v) is 1.87. The van der Waals surface area contributed by atoms with E-state index in [4.69, 9.17) is 0 Å². The average Bonchev–Trinajstić information content (AvgIpc) is 2.73. The van der Waals surface area contributed by atoms with Crippen LogP contribution in [0.1, 0.15) is 5.56 Å². The second kappa shape index (κ2) is 5.07. The molecule has 0 amide bonds. The van der Waals surface area contributed by atoms with Gasteiger partial charge in [-0.25, -0.2) is 0 Å². The lowest BCUT2D eigenvalue weighted by Crippen LogP contribution is -1.98. The van der Waals surface area contributed by atoms with Crippen LogP contribution in [0.25, 0.3) is 0 Å². The van der Waals surface area contributed by atoms with Crippen LogP contribution in [0.2, 0.25) is 0 Å². The van der Waals surface area contributed by atoms with E-state index in [0.717, 1.165) is 12.2 Å². The Morgan fingerprint density at radius 2 is 2.06 bits per heavy atom. The summed E-state index contributed by atoms with van der Waals surface area (Å²) in [6.07, 6.45) is 5.88. The highest BCUT2D eigenvalue weighted by Gasteiger charge is 1.96. The summed E-state index contributed by atoms with van der Waals surface area (Å²) in [5.41, 5.74) is 2.33. The number of hydrogen-bond donors (Lipinski definition) is 1. The molecule has 0 unspecified atom stereocenters. The summed E-state index contributed by atoms with van der Waals surface area (Å²) in [4.78, 5) is 1.30. The van der Waals surface area contributed by atoms with E-state index in [2.05, 4.69) is 40.9 Å². The van der Waals surface area contributed by atoms with Gasteiger partial charge in [0.1, 0.15) is 0 Å². The molecule has 1 N–H and O–H groups in total. The first-order chi connectivity index (χ1) is 7.78. The van der Waals surface area contributed by atoms with Crippen LogP contribution in [0.5, 0.6) is 0 Å². The second-order valence-electron chi connectivity index (χ2n) is 3.60. The van der Waals surface area contributed by atoms with Gasteiger partial charge < -0.3 is 5.32 Å². The van der Waals surface area contributed by atoms with Gasteiger partial charge in [0.05, 0.1) is 11.9 Å². The predicted octanol–water partition coefficient (Wildman–Crippen LogP) is 2.75. The van der Waals surface area contributed by atoms with E-state index >= 15 is 0 Å². The quantitative estimate of drug-likeness (QED) is 0.824. The molecule has 84 valence electrons. The molecule has 0 saturated carbocycles. The standard InChI is InChI=1S/C12H15N3S/c1-15-9-11(8-14-15)13-7-10-3-5-12(16-2)6-4-10/h3-6,8-9,13H,7H2,1-2H3. The number of anilines is 1. The molecule has 2 aromatic rings. The zero-order valence-electron chi connectivity index (χ0n) is 9.47. The predicted molar refractivity (Wildman–Crippen MR) is 68.8 cm³/mol. The van der Waals surface area contributed by atoms with Crippen molar-refractivity contribution in [3.05, 3.63) is 42.2 Å². The van der Waals surface area contributed by atoms with E-state index in [1.165, 1.54) is 10.5 Å². The smallest absolute Gasteiger partial charge is 0.0729 e. The van der Waals surface area contributed by atoms with Gasteiger partial charge in [0, 0.05) is 24.7 Å². The van der Waals surface area contributed by atoms with Crippen molar-refractivity contribution < 1.29 is 0 Å². The molecule has 16 heavy (non-hydrogen) atoms. The summed E-state index contributed by atoms with van der Waals surface area (Å²) in [7, 11) is 1.92. The maximum atomic E-state index is 4.11. The third-order valence-corrected chi connectivity index (χ3v) is 3.10. The zero-order valence-corrected chi connectivity index (χ0v) is 10.3. The van der Waals surface area contributed by atoms with Gasteiger partial charge in [0.2, 0.25) is 0 Å². The van der Waals surface area contributed by atoms with Crippen LogP contribution in [0.15, 0.2) is 41.6 Å². The topological polar surface area (TPSA) is 29.9 Å². The molecule has 1 heterocycles. The van der Waals surface area contributed by atoms with Crippen LogP contribution in [0, 0.1) is 0 Å². The molecule has 0 fully saturated rings. The van der Waals surface area contributed by atoms with E-state index in [9.17, 15) is 0 Å². The van der Waals surface area contributed by atoms with Crippen molar-refractivity contribution in [3.63, 3.8) is 0 Å². The molecule has 0 aliphatic carbocycles. The van der Waals surface area contributed by atoms with Crippen LogP contribution < -0.4 is 5.32 Å². The number of thioether (sulfide) groups is 1. The minimum absolute atomic E-state index is 0.834. The maximum absolute atomic E-state index is 4.11. The maximum Gasteiger partial charge on any atom is 0.0729 e. The Morgan fingerprint density at radius 3 is 2.62 bits per heavy atom. The van der Waals surface area contributed by atoms with E-state index in [0.29, 0.717) is 0 Å². The lowest BCUT2D eigenvalue weighted by molar-refractivity contribution is 0.768. The molecule has 0 radical (unpaired) electrons. The molecule has 0 atom stereocenters. The van der Waals surface area contributed by atoms with Gasteiger partial charge >= 0.3 is 0 Å². The average molecular weight is 233 g/mol. The summed E-state index contributed by atoms with van der Waals surface area (Å²) in [5.74, 6) is 0. The van der Waals surface area contributed by atoms with Gasteiger partial charge in [-0.3, -0.25) is 4.68 Å². The Morgan fingerprint density at radius 1 is 1.31 bits per heavy atom. The van der Waals surface area contributed by atoms with Crippen molar-refractivity contribution in [1.29, 1.82) is 0 Å². The number of nitrogens with zero attached hydrogens (tertiary/aromatic N) is 2. The first kappa shape index (κ1) is 11.1. The second-order valence-corrected chi connectivity index (χ2v) is 4.48. The highest BCUT2D eigenvalue weighted by Crippen LogP contribution is 2.15. The molecule has 0 spiro atoms. The molecule has 2 rings (SSSR count). The Kier molecular flexibility index (Phi) is 3.51. The molecular formula is C12H15N3S. The number of aromatic nitrogens is 2. The molecule has 1 aromatic carbocycles. The minimum atomic E-state index is 0.834. The van der Waals surface area contributed by atoms with Gasteiger partial charge in [-0.1, -0.05) is 12.1 Å². The first-order valence-corrected chi connectivity index (χ1v) is 6.36. The van der Waals surface area contributed by atoms with Gasteiger partial charge in [0.15, 0.2) is 0 Å². The monoisotopic (exact) mass is 233 g/mol. The van der Waals surface area contributed by atoms with Crippen LogP contribution >= 0.6 is 11.8 Å². The lowest BCUT2D eigenvalue weighted by atomic mass is 10.2. The largest absolute Gasteiger partial charge is 0.378 e. The molecule has 1 aromatic heterocycles. The van der Waals surface area contributed by atoms with Crippen LogP contribution in [-0.2, 0) is 13.6 Å². The summed E-state index contributed by atoms with van der Waals surface area (Å²) in [5, 5.41) is 7.44. The summed E-state index contributed by atoms with van der Waals surface area (Å²) in [6, 6.07) is 8.58. The van der Waals surface area contributed by atoms with E-state index < -0.39 is 0 Å². The van der Waals surface area contributed by atoms with Crippen molar-refractivity contribution in [2.24, 2.45) is 7.05 Å². The summed E-state index contributed by atoms with van der Waals surface area (Å²) < 4.78 is 1.79. The SMILES string of the molecule is CSc1ccc(CNc2cnn(C)c2)cc1. The summed E-state index contributed by atoms with van der Waals surface area (Å²) >= 11 is 1.76. The van der Waals surface area contributed by atoms with Crippen LogP contribution in [-0.4, -0.2) is 16.0 Å². The van der Waals surface area contributed by atoms with Gasteiger partial charge in [-0.05, 0) is 24.0 Å². The van der Waals surface area contributed by atoms with E-state index in [1.807, 2.05) is 19.4 Å². The molecule has 4 heteroatoms. The van der Waals surface area contributed by atoms with E-state index in [1.54, 1.807) is 16.4 Å². The molecular weight excluding hydrogens is 218 g/mol. The van der Waals surface area contributed by atoms with Crippen molar-refractivity contribution in [1.82, 2.24) is 9.78 Å². The molecule has 0 aliphatic heterocycles. The third kappa shape index (κ3) is 2.79. The molecule has 0 bridgehead atoms. The van der Waals surface area contributed by atoms with Gasteiger partial charge in [0.25, 0.3) is 0 Å². The van der Waals surface area contributed by atoms with Crippen molar-refractivity contribution in [2.45, 2.75) is 11.4 Å². The Bertz CT molecular complexity index is 448. The zero-order chi connectivity index (χ0) is 11.4. The highest BCUT2D eigenvalue weighted by molar-refractivity contribution is 7.98. The third-order valence-electron chi connectivity index (χ3n) is 2.36. The molecule has 0 aliphatic rings. The Labute approximate surface area is 99.9 Å². The Hall–Kier alpha value is -1.42. The van der Waals surface area contributed by atoms with Gasteiger partial charge in [-0.15, -0.1) is 11.8 Å². The fourth-order valence-electron chi connectivity index (χ4n) is 1.46. The summed E-state index contributed by atoms with van der Waals surface area (Å²) in [6.45, 7) is 0.834. The number of aryl methyl sites for hydroxylation is 1. The van der Waals surface area contributed by atoms with Crippen molar-refractivity contribution >= 4 is 17.4 Å². The molecule has 3 nitrogen and oxygen atoms in total.